The van der Waals surface area contributed by atoms with Gasteiger partial charge in [-0.3, -0.25) is 4.79 Å². The molecular formula is C19H42FNO2. The molecule has 2 unspecified atom stereocenters. The average Bonchev–Trinajstić information content (AvgIpc) is 2.49. The molecule has 0 radical (unpaired) electrons. The molecule has 0 aliphatic rings. The third-order valence-corrected chi connectivity index (χ3v) is 3.01. The Morgan fingerprint density at radius 1 is 1.00 bits per heavy atom. The van der Waals surface area contributed by atoms with Gasteiger partial charge in [0.2, 0.25) is 0 Å². The van der Waals surface area contributed by atoms with E-state index in [1.807, 2.05) is 6.92 Å². The van der Waals surface area contributed by atoms with Crippen molar-refractivity contribution >= 4 is 5.97 Å². The molecule has 1 aromatic rings. The summed E-state index contributed by atoms with van der Waals surface area (Å²) in [5.74, 6) is 2.82. The summed E-state index contributed by atoms with van der Waals surface area (Å²) in [6, 6.07) is 10.6. The van der Waals surface area contributed by atoms with Crippen molar-refractivity contribution in [3.63, 3.8) is 0 Å². The lowest BCUT2D eigenvalue weighted by molar-refractivity contribution is -0.141. The maximum Gasteiger partial charge on any atom is 0.306 e. The summed E-state index contributed by atoms with van der Waals surface area (Å²) in [5.41, 5.74) is 1.45. The van der Waals surface area contributed by atoms with E-state index in [2.05, 4.69) is 50.1 Å². The Morgan fingerprint density at radius 2 is 1.39 bits per heavy atom. The molecule has 0 aromatic heterocycles. The molecular weight excluding hydrogens is 293 g/mol. The number of carbonyl (C=O) groups is 1. The summed E-state index contributed by atoms with van der Waals surface area (Å²) in [5, 5.41) is 8.18. The van der Waals surface area contributed by atoms with Crippen LogP contribution in [0.1, 0.15) is 81.7 Å². The predicted octanol–water partition coefficient (Wildman–Crippen LogP) is 6.69. The van der Waals surface area contributed by atoms with E-state index in [0.29, 0.717) is 5.92 Å². The highest BCUT2D eigenvalue weighted by Crippen LogP contribution is 2.16. The fourth-order valence-corrected chi connectivity index (χ4v) is 1.19. The zero-order chi connectivity index (χ0) is 15.3. The Morgan fingerprint density at radius 3 is 1.61 bits per heavy atom. The van der Waals surface area contributed by atoms with E-state index in [9.17, 15) is 4.79 Å². The number of benzene rings is 1. The number of carboxylic acid groups (broad SMARTS) is 1. The molecule has 3 N–H and O–H groups in total. The van der Waals surface area contributed by atoms with E-state index >= 15 is 0 Å². The van der Waals surface area contributed by atoms with Crippen molar-refractivity contribution in [2.24, 2.45) is 11.9 Å². The number of halogens is 1. The molecule has 0 bridgehead atoms. The van der Waals surface area contributed by atoms with Crippen LogP contribution in [0.2, 0.25) is 0 Å². The molecule has 23 heavy (non-hydrogen) atoms. The first-order chi connectivity index (χ1) is 9.02. The second-order valence-electron chi connectivity index (χ2n) is 4.37. The Labute approximate surface area is 145 Å². The van der Waals surface area contributed by atoms with Crippen LogP contribution in [0, 0.1) is 5.92 Å². The van der Waals surface area contributed by atoms with Crippen LogP contribution in [-0.4, -0.2) is 11.1 Å². The lowest BCUT2D eigenvalue weighted by Crippen LogP contribution is -2.06. The van der Waals surface area contributed by atoms with Crippen molar-refractivity contribution in [3.05, 3.63) is 35.9 Å². The van der Waals surface area contributed by atoms with Crippen LogP contribution in [0.15, 0.2) is 30.3 Å². The van der Waals surface area contributed by atoms with Crippen LogP contribution in [-0.2, 0) is 4.79 Å². The molecule has 0 aliphatic carbocycles. The van der Waals surface area contributed by atoms with Gasteiger partial charge in [0.25, 0.3) is 0 Å². The molecule has 3 nitrogen and oxygen atoms in total. The molecule has 0 amide bonds. The fraction of sp³-hybridized carbons (Fsp3) is 0.632. The number of aliphatic carboxylic acids is 1. The summed E-state index contributed by atoms with van der Waals surface area (Å²) in [4.78, 5) is 9.93. The molecule has 0 fully saturated rings. The number of carboxylic acids is 1. The van der Waals surface area contributed by atoms with Crippen molar-refractivity contribution in [1.82, 2.24) is 0 Å². The number of nitrogens with two attached hydrogens (primary N) is 1. The monoisotopic (exact) mass is 335 g/mol. The van der Waals surface area contributed by atoms with Crippen LogP contribution in [0.3, 0.4) is 0 Å². The van der Waals surface area contributed by atoms with E-state index in [1.165, 1.54) is 12.0 Å². The van der Waals surface area contributed by atoms with Gasteiger partial charge in [0.05, 0.1) is 5.92 Å². The second-order valence-corrected chi connectivity index (χ2v) is 4.37. The van der Waals surface area contributed by atoms with Crippen LogP contribution in [0.4, 0.5) is 4.48 Å². The minimum atomic E-state index is -0.706. The third kappa shape index (κ3) is 20.6. The molecule has 0 saturated heterocycles. The minimum absolute atomic E-state index is 0. The van der Waals surface area contributed by atoms with Gasteiger partial charge in [0.15, 0.2) is 0 Å². The highest BCUT2D eigenvalue weighted by atomic mass is 19.2. The molecule has 0 heterocycles. The smallest absolute Gasteiger partial charge is 0.306 e. The fourth-order valence-electron chi connectivity index (χ4n) is 1.19. The SMILES string of the molecule is C.C.C.C.CCC(C)C(=O)O.CCC(C)c1ccccc1.NF. The van der Waals surface area contributed by atoms with Crippen molar-refractivity contribution in [1.29, 1.82) is 0 Å². The van der Waals surface area contributed by atoms with Crippen LogP contribution in [0.25, 0.3) is 0 Å². The van der Waals surface area contributed by atoms with Crippen LogP contribution < -0.4 is 5.96 Å². The quantitative estimate of drug-likeness (QED) is 0.602. The molecule has 2 atom stereocenters. The van der Waals surface area contributed by atoms with Gasteiger partial charge in [0, 0.05) is 0 Å². The molecule has 0 saturated carbocycles. The summed E-state index contributed by atoms with van der Waals surface area (Å²) < 4.78 is 9.00. The summed E-state index contributed by atoms with van der Waals surface area (Å²) in [7, 11) is 0. The topological polar surface area (TPSA) is 63.3 Å². The lowest BCUT2D eigenvalue weighted by Gasteiger charge is -2.06. The van der Waals surface area contributed by atoms with Gasteiger partial charge in [-0.05, 0) is 24.3 Å². The molecule has 1 rings (SSSR count). The van der Waals surface area contributed by atoms with E-state index in [0.717, 1.165) is 6.42 Å². The Hall–Kier alpha value is -1.42. The molecule has 1 aromatic carbocycles. The Bertz CT molecular complexity index is 318. The summed E-state index contributed by atoms with van der Waals surface area (Å²) in [6.45, 7) is 8.04. The lowest BCUT2D eigenvalue weighted by atomic mass is 9.99. The normalized spacial score (nSPS) is 10.0. The first-order valence-electron chi connectivity index (χ1n) is 6.52. The van der Waals surface area contributed by atoms with Gasteiger partial charge in [-0.2, -0.15) is 5.96 Å². The van der Waals surface area contributed by atoms with Crippen molar-refractivity contribution < 1.29 is 14.4 Å². The minimum Gasteiger partial charge on any atom is -0.481 e. The molecule has 0 aliphatic heterocycles. The van der Waals surface area contributed by atoms with Gasteiger partial charge < -0.3 is 5.11 Å². The van der Waals surface area contributed by atoms with Gasteiger partial charge in [-0.15, -0.1) is 4.48 Å². The molecule has 142 valence electrons. The van der Waals surface area contributed by atoms with Gasteiger partial charge in [-0.25, -0.2) is 0 Å². The first-order valence-corrected chi connectivity index (χ1v) is 6.52. The van der Waals surface area contributed by atoms with E-state index in [1.54, 1.807) is 6.92 Å². The van der Waals surface area contributed by atoms with Crippen molar-refractivity contribution in [2.45, 2.75) is 76.2 Å². The van der Waals surface area contributed by atoms with Gasteiger partial charge in [0.1, 0.15) is 0 Å². The maximum absolute atomic E-state index is 9.93. The van der Waals surface area contributed by atoms with Gasteiger partial charge >= 0.3 is 5.97 Å². The van der Waals surface area contributed by atoms with E-state index in [-0.39, 0.29) is 35.6 Å². The number of rotatable bonds is 4. The van der Waals surface area contributed by atoms with Gasteiger partial charge in [-0.1, -0.05) is 87.7 Å². The number of hydrogen-bond acceptors (Lipinski definition) is 2. The zero-order valence-electron chi connectivity index (χ0n) is 12.3. The summed E-state index contributed by atoms with van der Waals surface area (Å²) >= 11 is 0. The standard InChI is InChI=1S/C10H14.C5H10O2.4CH4.FH2N/c1-3-9(2)10-7-5-4-6-8-10;1-3-4(2)5(6)7;;;;;1-2/h4-9H,3H2,1-2H3;4H,3H2,1-2H3,(H,6,7);4*1H4;2H2. The average molecular weight is 336 g/mol. The second kappa shape index (κ2) is 25.5. The van der Waals surface area contributed by atoms with Crippen molar-refractivity contribution in [3.8, 4) is 0 Å². The maximum atomic E-state index is 9.93. The largest absolute Gasteiger partial charge is 0.481 e. The van der Waals surface area contributed by atoms with Crippen LogP contribution >= 0.6 is 0 Å². The van der Waals surface area contributed by atoms with Crippen molar-refractivity contribution in [2.75, 3.05) is 0 Å². The highest BCUT2D eigenvalue weighted by molar-refractivity contribution is 5.69. The number of hydrogen-bond donors (Lipinski definition) is 2. The molecule has 4 heteroatoms. The van der Waals surface area contributed by atoms with E-state index < -0.39 is 5.97 Å². The Balaban J connectivity index is -0.0000000507. The Kier molecular flexibility index (Phi) is 41.8. The third-order valence-electron chi connectivity index (χ3n) is 3.01. The molecule has 0 spiro atoms. The zero-order valence-corrected chi connectivity index (χ0v) is 12.3. The van der Waals surface area contributed by atoms with E-state index in [4.69, 9.17) is 9.59 Å². The summed E-state index contributed by atoms with van der Waals surface area (Å²) in [6.07, 6.45) is 1.94. The predicted molar refractivity (Wildman–Crippen MR) is 104 cm³/mol. The first kappa shape index (κ1) is 37.7. The van der Waals surface area contributed by atoms with Crippen LogP contribution in [0.5, 0.6) is 0 Å². The highest BCUT2D eigenvalue weighted by Gasteiger charge is 2.05.